The van der Waals surface area contributed by atoms with E-state index in [1.165, 1.54) is 0 Å². The number of fused-ring (bicyclic) bond motifs is 2. The zero-order valence-electron chi connectivity index (χ0n) is 12.4. The molecule has 0 unspecified atom stereocenters. The lowest BCUT2D eigenvalue weighted by Gasteiger charge is -2.39. The Bertz CT molecular complexity index is 717. The van der Waals surface area contributed by atoms with Crippen LogP contribution in [0.2, 0.25) is 5.02 Å². The van der Waals surface area contributed by atoms with Gasteiger partial charge in [0.1, 0.15) is 6.04 Å². The SMILES string of the molecule is O=C1Nc2cc(Cl)ccc2C(=O)N2CCN(C(=O)C3CC3)C[C@@H]12. The zero-order valence-corrected chi connectivity index (χ0v) is 13.2. The van der Waals surface area contributed by atoms with Gasteiger partial charge >= 0.3 is 0 Å². The number of carbonyl (C=O) groups excluding carboxylic acids is 3. The number of nitrogens with zero attached hydrogens (tertiary/aromatic N) is 2. The predicted octanol–water partition coefficient (Wildman–Crippen LogP) is 1.36. The van der Waals surface area contributed by atoms with Gasteiger partial charge in [0.15, 0.2) is 0 Å². The monoisotopic (exact) mass is 333 g/mol. The van der Waals surface area contributed by atoms with Gasteiger partial charge in [0.2, 0.25) is 11.8 Å². The number of benzene rings is 1. The maximum Gasteiger partial charge on any atom is 0.256 e. The van der Waals surface area contributed by atoms with Crippen LogP contribution in [0, 0.1) is 5.92 Å². The lowest BCUT2D eigenvalue weighted by atomic mass is 10.1. The summed E-state index contributed by atoms with van der Waals surface area (Å²) < 4.78 is 0. The predicted molar refractivity (Wildman–Crippen MR) is 84.2 cm³/mol. The van der Waals surface area contributed by atoms with Crippen LogP contribution in [0.3, 0.4) is 0 Å². The zero-order chi connectivity index (χ0) is 16.1. The van der Waals surface area contributed by atoms with E-state index in [1.54, 1.807) is 28.0 Å². The van der Waals surface area contributed by atoms with E-state index in [1.807, 2.05) is 0 Å². The smallest absolute Gasteiger partial charge is 0.256 e. The first kappa shape index (κ1) is 14.5. The number of anilines is 1. The van der Waals surface area contributed by atoms with E-state index < -0.39 is 6.04 Å². The normalized spacial score (nSPS) is 23.8. The van der Waals surface area contributed by atoms with Crippen molar-refractivity contribution in [3.8, 4) is 0 Å². The van der Waals surface area contributed by atoms with Crippen molar-refractivity contribution in [2.24, 2.45) is 5.92 Å². The van der Waals surface area contributed by atoms with Crippen LogP contribution in [0.1, 0.15) is 23.2 Å². The van der Waals surface area contributed by atoms with E-state index >= 15 is 0 Å². The quantitative estimate of drug-likeness (QED) is 0.843. The third-order valence-corrected chi connectivity index (χ3v) is 4.89. The summed E-state index contributed by atoms with van der Waals surface area (Å²) in [6.45, 7) is 1.11. The Hall–Kier alpha value is -2.08. The molecule has 0 radical (unpaired) electrons. The van der Waals surface area contributed by atoms with Crippen molar-refractivity contribution in [1.82, 2.24) is 9.80 Å². The van der Waals surface area contributed by atoms with Crippen molar-refractivity contribution in [3.63, 3.8) is 0 Å². The van der Waals surface area contributed by atoms with Gasteiger partial charge in [-0.1, -0.05) is 11.6 Å². The highest BCUT2D eigenvalue weighted by Gasteiger charge is 2.42. The van der Waals surface area contributed by atoms with E-state index in [0.29, 0.717) is 29.4 Å². The third-order valence-electron chi connectivity index (χ3n) is 4.65. The molecule has 1 N–H and O–H groups in total. The lowest BCUT2D eigenvalue weighted by Crippen LogP contribution is -2.59. The van der Waals surface area contributed by atoms with Crippen LogP contribution < -0.4 is 5.32 Å². The molecule has 1 atom stereocenters. The molecule has 1 aromatic rings. The van der Waals surface area contributed by atoms with Gasteiger partial charge in [0, 0.05) is 24.0 Å². The summed E-state index contributed by atoms with van der Waals surface area (Å²) in [7, 11) is 0. The fraction of sp³-hybridized carbons (Fsp3) is 0.438. The number of piperazine rings is 1. The topological polar surface area (TPSA) is 69.7 Å². The van der Waals surface area contributed by atoms with Gasteiger partial charge in [0.25, 0.3) is 5.91 Å². The molecule has 1 saturated heterocycles. The standard InChI is InChI=1S/C16H16ClN3O3/c17-10-3-4-11-12(7-10)18-14(21)13-8-19(15(22)9-1-2-9)5-6-20(13)16(11)23/h3-4,7,9,13H,1-2,5-6,8H2,(H,18,21)/t13-/m0/s1. The van der Waals surface area contributed by atoms with Gasteiger partial charge < -0.3 is 15.1 Å². The Morgan fingerprint density at radius 3 is 2.74 bits per heavy atom. The Balaban J connectivity index is 1.63. The molecule has 1 saturated carbocycles. The van der Waals surface area contributed by atoms with Crippen molar-refractivity contribution < 1.29 is 14.4 Å². The highest BCUT2D eigenvalue weighted by atomic mass is 35.5. The minimum atomic E-state index is -0.648. The van der Waals surface area contributed by atoms with Gasteiger partial charge in [-0.2, -0.15) is 0 Å². The van der Waals surface area contributed by atoms with Gasteiger partial charge in [-0.25, -0.2) is 0 Å². The molecule has 1 aromatic carbocycles. The second kappa shape index (κ2) is 5.23. The molecule has 6 nitrogen and oxygen atoms in total. The first-order valence-corrected chi connectivity index (χ1v) is 8.12. The van der Waals surface area contributed by atoms with Crippen LogP contribution in [0.15, 0.2) is 18.2 Å². The van der Waals surface area contributed by atoms with Crippen molar-refractivity contribution in [2.75, 3.05) is 25.0 Å². The summed E-state index contributed by atoms with van der Waals surface area (Å²) in [4.78, 5) is 40.8. The fourth-order valence-corrected chi connectivity index (χ4v) is 3.39. The molecule has 1 aliphatic carbocycles. The average molecular weight is 334 g/mol. The third kappa shape index (κ3) is 2.47. The molecule has 23 heavy (non-hydrogen) atoms. The van der Waals surface area contributed by atoms with Crippen LogP contribution >= 0.6 is 11.6 Å². The molecule has 2 fully saturated rings. The molecule has 0 spiro atoms. The number of carbonyl (C=O) groups is 3. The molecule has 120 valence electrons. The van der Waals surface area contributed by atoms with E-state index in [9.17, 15) is 14.4 Å². The van der Waals surface area contributed by atoms with Crippen molar-refractivity contribution in [3.05, 3.63) is 28.8 Å². The first-order chi connectivity index (χ1) is 11.0. The fourth-order valence-electron chi connectivity index (χ4n) is 3.22. The molecule has 2 aliphatic heterocycles. The van der Waals surface area contributed by atoms with Crippen LogP contribution in [0.4, 0.5) is 5.69 Å². The Kier molecular flexibility index (Phi) is 3.30. The van der Waals surface area contributed by atoms with Crippen molar-refractivity contribution >= 4 is 35.0 Å². The van der Waals surface area contributed by atoms with Crippen LogP contribution in [0.5, 0.6) is 0 Å². The molecule has 3 aliphatic rings. The Morgan fingerprint density at radius 2 is 2.00 bits per heavy atom. The summed E-state index contributed by atoms with van der Waals surface area (Å²) in [6, 6.07) is 4.20. The maximum atomic E-state index is 12.7. The second-order valence-electron chi connectivity index (χ2n) is 6.25. The molecule has 2 heterocycles. The average Bonchev–Trinajstić information content (AvgIpc) is 3.38. The number of hydrogen-bond acceptors (Lipinski definition) is 3. The van der Waals surface area contributed by atoms with E-state index in [2.05, 4.69) is 5.32 Å². The number of nitrogens with one attached hydrogen (secondary N) is 1. The lowest BCUT2D eigenvalue weighted by molar-refractivity contribution is -0.136. The number of amides is 3. The van der Waals surface area contributed by atoms with E-state index in [-0.39, 0.29) is 30.2 Å². The van der Waals surface area contributed by atoms with Crippen molar-refractivity contribution in [1.29, 1.82) is 0 Å². The molecule has 0 bridgehead atoms. The number of rotatable bonds is 1. The van der Waals surface area contributed by atoms with Crippen LogP contribution in [0.25, 0.3) is 0 Å². The van der Waals surface area contributed by atoms with Crippen LogP contribution in [-0.4, -0.2) is 53.2 Å². The number of halogens is 1. The maximum absolute atomic E-state index is 12.7. The van der Waals surface area contributed by atoms with E-state index in [0.717, 1.165) is 12.8 Å². The minimum absolute atomic E-state index is 0.106. The molecule has 0 aromatic heterocycles. The largest absolute Gasteiger partial charge is 0.338 e. The number of hydrogen-bond donors (Lipinski definition) is 1. The van der Waals surface area contributed by atoms with Crippen LogP contribution in [-0.2, 0) is 9.59 Å². The summed E-state index contributed by atoms with van der Waals surface area (Å²) >= 11 is 5.96. The second-order valence-corrected chi connectivity index (χ2v) is 6.69. The summed E-state index contributed by atoms with van der Waals surface area (Å²) in [5.74, 6) is -0.247. The highest BCUT2D eigenvalue weighted by molar-refractivity contribution is 6.31. The first-order valence-electron chi connectivity index (χ1n) is 7.75. The Labute approximate surface area is 138 Å². The Morgan fingerprint density at radius 1 is 1.22 bits per heavy atom. The molecule has 7 heteroatoms. The van der Waals surface area contributed by atoms with Gasteiger partial charge in [0.05, 0.1) is 17.8 Å². The molecule has 3 amide bonds. The van der Waals surface area contributed by atoms with E-state index in [4.69, 9.17) is 11.6 Å². The van der Waals surface area contributed by atoms with Gasteiger partial charge in [-0.05, 0) is 31.0 Å². The van der Waals surface area contributed by atoms with Gasteiger partial charge in [-0.15, -0.1) is 0 Å². The summed E-state index contributed by atoms with van der Waals surface area (Å²) in [6.07, 6.45) is 1.86. The molecular weight excluding hydrogens is 318 g/mol. The minimum Gasteiger partial charge on any atom is -0.338 e. The molecular formula is C16H16ClN3O3. The molecule has 4 rings (SSSR count). The summed E-state index contributed by atoms with van der Waals surface area (Å²) in [5.41, 5.74) is 0.870. The highest BCUT2D eigenvalue weighted by Crippen LogP contribution is 2.33. The summed E-state index contributed by atoms with van der Waals surface area (Å²) in [5, 5.41) is 3.23. The van der Waals surface area contributed by atoms with Gasteiger partial charge in [-0.3, -0.25) is 14.4 Å². The van der Waals surface area contributed by atoms with Crippen molar-refractivity contribution in [2.45, 2.75) is 18.9 Å².